The molecule has 19 heavy (non-hydrogen) atoms. The summed E-state index contributed by atoms with van der Waals surface area (Å²) in [5.74, 6) is 0.568. The third kappa shape index (κ3) is 2.24. The van der Waals surface area contributed by atoms with E-state index in [1.165, 1.54) is 5.56 Å². The van der Waals surface area contributed by atoms with E-state index in [1.807, 2.05) is 19.9 Å². The normalized spacial score (nSPS) is 13.0. The molecule has 3 aromatic rings. The van der Waals surface area contributed by atoms with Gasteiger partial charge in [-0.05, 0) is 31.0 Å². The van der Waals surface area contributed by atoms with Crippen molar-refractivity contribution in [3.63, 3.8) is 0 Å². The van der Waals surface area contributed by atoms with E-state index in [9.17, 15) is 0 Å². The number of rotatable bonds is 3. The molecule has 5 nitrogen and oxygen atoms in total. The molecule has 0 amide bonds. The van der Waals surface area contributed by atoms with Gasteiger partial charge >= 0.3 is 0 Å². The summed E-state index contributed by atoms with van der Waals surface area (Å²) in [6.45, 7) is 4.07. The van der Waals surface area contributed by atoms with Crippen molar-refractivity contribution in [1.82, 2.24) is 15.0 Å². The third-order valence-electron chi connectivity index (χ3n) is 3.15. The van der Waals surface area contributed by atoms with Gasteiger partial charge < -0.3 is 15.1 Å². The summed E-state index contributed by atoms with van der Waals surface area (Å²) in [7, 11) is 0. The van der Waals surface area contributed by atoms with Crippen LogP contribution in [0.1, 0.15) is 28.8 Å². The molecule has 2 aromatic heterocycles. The predicted molar refractivity (Wildman–Crippen MR) is 72.7 cm³/mol. The molecule has 1 aromatic carbocycles. The molecule has 0 aliphatic rings. The number of nitrogens with two attached hydrogens (primary N) is 1. The highest BCUT2D eigenvalue weighted by molar-refractivity contribution is 5.77. The number of benzene rings is 1. The fourth-order valence-corrected chi connectivity index (χ4v) is 2.27. The maximum absolute atomic E-state index is 6.13. The molecule has 2 heterocycles. The highest BCUT2D eigenvalue weighted by Gasteiger charge is 2.16. The first kappa shape index (κ1) is 11.9. The van der Waals surface area contributed by atoms with Crippen LogP contribution in [-0.2, 0) is 6.42 Å². The van der Waals surface area contributed by atoms with Crippen molar-refractivity contribution < 1.29 is 4.42 Å². The summed E-state index contributed by atoms with van der Waals surface area (Å²) in [5.41, 5.74) is 11.1. The van der Waals surface area contributed by atoms with Gasteiger partial charge in [-0.15, -0.1) is 0 Å². The van der Waals surface area contributed by atoms with Crippen molar-refractivity contribution in [3.05, 3.63) is 47.4 Å². The Balaban J connectivity index is 1.94. The number of fused-ring (bicyclic) bond motifs is 1. The molecule has 0 spiro atoms. The first-order chi connectivity index (χ1) is 9.13. The van der Waals surface area contributed by atoms with Crippen LogP contribution in [0.15, 0.2) is 29.1 Å². The fraction of sp³-hybridized carbons (Fsp3) is 0.286. The summed E-state index contributed by atoms with van der Waals surface area (Å²) < 4.78 is 5.79. The first-order valence-electron chi connectivity index (χ1n) is 6.24. The van der Waals surface area contributed by atoms with Crippen LogP contribution in [0, 0.1) is 13.8 Å². The zero-order valence-corrected chi connectivity index (χ0v) is 11.0. The Labute approximate surface area is 110 Å². The molecule has 0 aliphatic carbocycles. The van der Waals surface area contributed by atoms with Gasteiger partial charge in [0.05, 0.1) is 12.4 Å². The second-order valence-corrected chi connectivity index (χ2v) is 4.87. The standard InChI is InChI=1S/C14H16N4O/c1-8-3-9(2)13-12(4-8)18-14(19-13)11(15)5-10-6-16-7-17-10/h3-4,6-7,11H,5,15H2,1-2H3,(H,16,17). The van der Waals surface area contributed by atoms with E-state index in [0.717, 1.165) is 22.4 Å². The van der Waals surface area contributed by atoms with E-state index in [0.29, 0.717) is 12.3 Å². The van der Waals surface area contributed by atoms with E-state index in [1.54, 1.807) is 12.5 Å². The van der Waals surface area contributed by atoms with Crippen molar-refractivity contribution in [1.29, 1.82) is 0 Å². The van der Waals surface area contributed by atoms with Crippen molar-refractivity contribution in [2.24, 2.45) is 5.73 Å². The number of imidazole rings is 1. The average Bonchev–Trinajstić information content (AvgIpc) is 2.97. The molecule has 3 N–H and O–H groups in total. The minimum Gasteiger partial charge on any atom is -0.439 e. The summed E-state index contributed by atoms with van der Waals surface area (Å²) in [5, 5.41) is 0. The molecule has 98 valence electrons. The minimum atomic E-state index is -0.271. The Bertz CT molecular complexity index is 700. The molecule has 0 radical (unpaired) electrons. The van der Waals surface area contributed by atoms with Crippen molar-refractivity contribution in [3.8, 4) is 0 Å². The van der Waals surface area contributed by atoms with Crippen LogP contribution in [-0.4, -0.2) is 15.0 Å². The molecular formula is C14H16N4O. The number of aromatic nitrogens is 3. The molecule has 5 heteroatoms. The van der Waals surface area contributed by atoms with Crippen LogP contribution >= 0.6 is 0 Å². The lowest BCUT2D eigenvalue weighted by atomic mass is 10.1. The lowest BCUT2D eigenvalue weighted by Gasteiger charge is -2.04. The van der Waals surface area contributed by atoms with Gasteiger partial charge in [0.1, 0.15) is 5.52 Å². The molecule has 0 fully saturated rings. The number of hydrogen-bond acceptors (Lipinski definition) is 4. The van der Waals surface area contributed by atoms with Gasteiger partial charge in [0.15, 0.2) is 5.58 Å². The third-order valence-corrected chi connectivity index (χ3v) is 3.15. The quantitative estimate of drug-likeness (QED) is 0.754. The van der Waals surface area contributed by atoms with E-state index < -0.39 is 0 Å². The summed E-state index contributed by atoms with van der Waals surface area (Å²) in [6, 6.07) is 3.82. The van der Waals surface area contributed by atoms with Gasteiger partial charge in [0, 0.05) is 18.3 Å². The fourth-order valence-electron chi connectivity index (χ4n) is 2.27. The Morgan fingerprint density at radius 3 is 2.95 bits per heavy atom. The highest BCUT2D eigenvalue weighted by atomic mass is 16.3. The van der Waals surface area contributed by atoms with Gasteiger partial charge in [-0.3, -0.25) is 0 Å². The number of H-pyrrole nitrogens is 1. The Kier molecular flexibility index (Phi) is 2.83. The highest BCUT2D eigenvalue weighted by Crippen LogP contribution is 2.24. The average molecular weight is 256 g/mol. The number of nitrogens with one attached hydrogen (secondary N) is 1. The van der Waals surface area contributed by atoms with Crippen LogP contribution in [0.5, 0.6) is 0 Å². The van der Waals surface area contributed by atoms with E-state index in [-0.39, 0.29) is 6.04 Å². The van der Waals surface area contributed by atoms with Gasteiger partial charge in [-0.2, -0.15) is 0 Å². The first-order valence-corrected chi connectivity index (χ1v) is 6.24. The number of oxazole rings is 1. The zero-order chi connectivity index (χ0) is 13.4. The Morgan fingerprint density at radius 1 is 1.37 bits per heavy atom. The topological polar surface area (TPSA) is 80.7 Å². The Hall–Kier alpha value is -2.14. The van der Waals surface area contributed by atoms with E-state index >= 15 is 0 Å². The van der Waals surface area contributed by atoms with Crippen LogP contribution < -0.4 is 5.73 Å². The minimum absolute atomic E-state index is 0.271. The number of hydrogen-bond donors (Lipinski definition) is 2. The largest absolute Gasteiger partial charge is 0.439 e. The van der Waals surface area contributed by atoms with Gasteiger partial charge in [0.25, 0.3) is 0 Å². The van der Waals surface area contributed by atoms with E-state index in [2.05, 4.69) is 21.0 Å². The van der Waals surface area contributed by atoms with Crippen LogP contribution in [0.3, 0.4) is 0 Å². The lowest BCUT2D eigenvalue weighted by Crippen LogP contribution is -2.13. The SMILES string of the molecule is Cc1cc(C)c2oc(C(N)Cc3cnc[nH]3)nc2c1. The summed E-state index contributed by atoms with van der Waals surface area (Å²) in [4.78, 5) is 11.5. The molecule has 0 saturated heterocycles. The monoisotopic (exact) mass is 256 g/mol. The maximum Gasteiger partial charge on any atom is 0.212 e. The van der Waals surface area contributed by atoms with Crippen LogP contribution in [0.25, 0.3) is 11.1 Å². The van der Waals surface area contributed by atoms with Crippen LogP contribution in [0.4, 0.5) is 0 Å². The molecule has 1 unspecified atom stereocenters. The smallest absolute Gasteiger partial charge is 0.212 e. The molecular weight excluding hydrogens is 240 g/mol. The summed E-state index contributed by atoms with van der Waals surface area (Å²) >= 11 is 0. The van der Waals surface area contributed by atoms with Crippen molar-refractivity contribution >= 4 is 11.1 Å². The molecule has 0 saturated carbocycles. The predicted octanol–water partition coefficient (Wildman–Crippen LogP) is 2.41. The molecule has 1 atom stereocenters. The van der Waals surface area contributed by atoms with Gasteiger partial charge in [-0.1, -0.05) is 6.07 Å². The number of nitrogens with zero attached hydrogens (tertiary/aromatic N) is 2. The Morgan fingerprint density at radius 2 is 2.21 bits per heavy atom. The van der Waals surface area contributed by atoms with Gasteiger partial charge in [0.2, 0.25) is 5.89 Å². The van der Waals surface area contributed by atoms with Gasteiger partial charge in [-0.25, -0.2) is 9.97 Å². The second-order valence-electron chi connectivity index (χ2n) is 4.87. The lowest BCUT2D eigenvalue weighted by molar-refractivity contribution is 0.471. The van der Waals surface area contributed by atoms with Crippen LogP contribution in [0.2, 0.25) is 0 Å². The van der Waals surface area contributed by atoms with Crippen molar-refractivity contribution in [2.45, 2.75) is 26.3 Å². The molecule has 0 bridgehead atoms. The number of aromatic amines is 1. The summed E-state index contributed by atoms with van der Waals surface area (Å²) in [6.07, 6.45) is 4.03. The van der Waals surface area contributed by atoms with Crippen molar-refractivity contribution in [2.75, 3.05) is 0 Å². The number of aryl methyl sites for hydroxylation is 2. The maximum atomic E-state index is 6.13. The molecule has 0 aliphatic heterocycles. The van der Waals surface area contributed by atoms with E-state index in [4.69, 9.17) is 10.2 Å². The second kappa shape index (κ2) is 4.51. The molecule has 3 rings (SSSR count). The zero-order valence-electron chi connectivity index (χ0n) is 11.0.